The highest BCUT2D eigenvalue weighted by Gasteiger charge is 2.34. The van der Waals surface area contributed by atoms with Crippen molar-refractivity contribution in [1.29, 1.82) is 0 Å². The second-order valence-corrected chi connectivity index (χ2v) is 10.3. The van der Waals surface area contributed by atoms with E-state index in [0.717, 1.165) is 16.8 Å². The van der Waals surface area contributed by atoms with Gasteiger partial charge in [-0.15, -0.1) is 0 Å². The molecule has 0 bridgehead atoms. The molecule has 1 aliphatic heterocycles. The molecule has 2 amide bonds. The van der Waals surface area contributed by atoms with Crippen LogP contribution in [-0.4, -0.2) is 38.6 Å². The van der Waals surface area contributed by atoms with Gasteiger partial charge in [-0.3, -0.25) is 9.59 Å². The van der Waals surface area contributed by atoms with Crippen LogP contribution in [0.5, 0.6) is 5.75 Å². The average molecular weight is 479 g/mol. The number of fused-ring (bicyclic) bond motifs is 1. The van der Waals surface area contributed by atoms with E-state index in [1.807, 2.05) is 50.2 Å². The van der Waals surface area contributed by atoms with Gasteiger partial charge in [0, 0.05) is 11.7 Å². The van der Waals surface area contributed by atoms with E-state index in [4.69, 9.17) is 4.74 Å². The molecule has 0 radical (unpaired) electrons. The maximum Gasteiger partial charge on any atom is 0.262 e. The quantitative estimate of drug-likeness (QED) is 0.558. The third-order valence-corrected chi connectivity index (χ3v) is 7.33. The van der Waals surface area contributed by atoms with Gasteiger partial charge in [0.15, 0.2) is 16.4 Å². The van der Waals surface area contributed by atoms with Crippen LogP contribution in [0.2, 0.25) is 0 Å². The summed E-state index contributed by atoms with van der Waals surface area (Å²) in [6.45, 7) is 3.56. The molecule has 0 saturated carbocycles. The number of amides is 2. The summed E-state index contributed by atoms with van der Waals surface area (Å²) < 4.78 is 31.9. The van der Waals surface area contributed by atoms with E-state index in [1.165, 1.54) is 12.1 Å². The Morgan fingerprint density at radius 1 is 1.00 bits per heavy atom. The van der Waals surface area contributed by atoms with Gasteiger partial charge in [-0.1, -0.05) is 48.0 Å². The predicted octanol–water partition coefficient (Wildman–Crippen LogP) is 3.76. The highest BCUT2D eigenvalue weighted by molar-refractivity contribution is 7.92. The first kappa shape index (κ1) is 23.5. The Morgan fingerprint density at radius 3 is 2.44 bits per heavy atom. The molecule has 3 aromatic rings. The molecule has 0 saturated heterocycles. The Kier molecular flexibility index (Phi) is 6.70. The lowest BCUT2D eigenvalue weighted by Crippen LogP contribution is -2.39. The molecule has 0 aromatic heterocycles. The number of carbonyl (C=O) groups excluding carboxylic acids is 2. The SMILES string of the molecule is Cc1ccc(OCC(=O)Nc2ccccc2S(=O)(=O)CC(=O)N2c3ccccc3C[C@H]2C)cc1. The second kappa shape index (κ2) is 9.69. The van der Waals surface area contributed by atoms with Crippen LogP contribution >= 0.6 is 0 Å². The first-order chi connectivity index (χ1) is 16.2. The van der Waals surface area contributed by atoms with Gasteiger partial charge in [0.05, 0.1) is 10.6 Å². The van der Waals surface area contributed by atoms with Crippen molar-refractivity contribution in [3.05, 3.63) is 83.9 Å². The molecule has 0 unspecified atom stereocenters. The lowest BCUT2D eigenvalue weighted by Gasteiger charge is -2.23. The minimum Gasteiger partial charge on any atom is -0.484 e. The lowest BCUT2D eigenvalue weighted by molar-refractivity contribution is -0.118. The molecule has 1 atom stereocenters. The first-order valence-electron chi connectivity index (χ1n) is 11.0. The van der Waals surface area contributed by atoms with Crippen molar-refractivity contribution in [3.63, 3.8) is 0 Å². The minimum atomic E-state index is -4.02. The van der Waals surface area contributed by atoms with Crippen LogP contribution in [0.3, 0.4) is 0 Å². The number of aryl methyl sites for hydroxylation is 1. The number of hydrogen-bond acceptors (Lipinski definition) is 5. The normalized spacial score (nSPS) is 15.0. The number of rotatable bonds is 7. The molecule has 4 rings (SSSR count). The van der Waals surface area contributed by atoms with E-state index in [0.29, 0.717) is 12.2 Å². The maximum absolute atomic E-state index is 13.2. The standard InChI is InChI=1S/C26H26N2O5S/c1-18-11-13-21(14-12-18)33-16-25(29)27-22-8-4-6-10-24(22)34(31,32)17-26(30)28-19(2)15-20-7-3-5-9-23(20)28/h3-14,19H,15-17H2,1-2H3,(H,27,29)/t19-/m1/s1. The van der Waals surface area contributed by atoms with Gasteiger partial charge < -0.3 is 15.0 Å². The van der Waals surface area contributed by atoms with Crippen molar-refractivity contribution in [2.24, 2.45) is 0 Å². The van der Waals surface area contributed by atoms with Crippen LogP contribution in [0.1, 0.15) is 18.1 Å². The first-order valence-corrected chi connectivity index (χ1v) is 12.6. The summed E-state index contributed by atoms with van der Waals surface area (Å²) >= 11 is 0. The fraction of sp³-hybridized carbons (Fsp3) is 0.231. The Labute approximate surface area is 199 Å². The summed E-state index contributed by atoms with van der Waals surface area (Å²) in [5.74, 6) is -1.16. The molecular weight excluding hydrogens is 452 g/mol. The number of nitrogens with one attached hydrogen (secondary N) is 1. The van der Waals surface area contributed by atoms with E-state index in [9.17, 15) is 18.0 Å². The Hall–Kier alpha value is -3.65. The van der Waals surface area contributed by atoms with Gasteiger partial charge in [0.25, 0.3) is 5.91 Å². The zero-order valence-corrected chi connectivity index (χ0v) is 19.8. The zero-order valence-electron chi connectivity index (χ0n) is 19.0. The van der Waals surface area contributed by atoms with Crippen molar-refractivity contribution < 1.29 is 22.7 Å². The van der Waals surface area contributed by atoms with Crippen molar-refractivity contribution in [2.75, 3.05) is 22.6 Å². The number of para-hydroxylation sites is 2. The molecule has 0 fully saturated rings. The predicted molar refractivity (Wildman–Crippen MR) is 131 cm³/mol. The molecule has 34 heavy (non-hydrogen) atoms. The van der Waals surface area contributed by atoms with Crippen molar-refractivity contribution in [3.8, 4) is 5.75 Å². The number of sulfone groups is 1. The van der Waals surface area contributed by atoms with Crippen molar-refractivity contribution in [1.82, 2.24) is 0 Å². The van der Waals surface area contributed by atoms with Gasteiger partial charge in [-0.2, -0.15) is 0 Å². The number of carbonyl (C=O) groups is 2. The van der Waals surface area contributed by atoms with Gasteiger partial charge in [-0.25, -0.2) is 8.42 Å². The van der Waals surface area contributed by atoms with E-state index in [-0.39, 0.29) is 23.2 Å². The van der Waals surface area contributed by atoms with Crippen LogP contribution < -0.4 is 15.0 Å². The third kappa shape index (κ3) is 5.12. The summed E-state index contributed by atoms with van der Waals surface area (Å²) in [6, 6.07) is 20.7. The van der Waals surface area contributed by atoms with Crippen LogP contribution in [0.4, 0.5) is 11.4 Å². The lowest BCUT2D eigenvalue weighted by atomic mass is 10.1. The molecule has 0 spiro atoms. The molecule has 1 aliphatic rings. The average Bonchev–Trinajstić information content (AvgIpc) is 3.14. The van der Waals surface area contributed by atoms with E-state index in [1.54, 1.807) is 29.2 Å². The monoisotopic (exact) mass is 478 g/mol. The molecule has 3 aromatic carbocycles. The number of ether oxygens (including phenoxy) is 1. The summed E-state index contributed by atoms with van der Waals surface area (Å²) in [6.07, 6.45) is 0.676. The van der Waals surface area contributed by atoms with E-state index < -0.39 is 27.4 Å². The highest BCUT2D eigenvalue weighted by atomic mass is 32.2. The molecule has 1 N–H and O–H groups in total. The number of anilines is 2. The van der Waals surface area contributed by atoms with Crippen molar-refractivity contribution >= 4 is 33.0 Å². The largest absolute Gasteiger partial charge is 0.484 e. The minimum absolute atomic E-state index is 0.104. The summed E-state index contributed by atoms with van der Waals surface area (Å²) in [5.41, 5.74) is 2.94. The summed E-state index contributed by atoms with van der Waals surface area (Å²) in [5, 5.41) is 2.60. The maximum atomic E-state index is 13.2. The summed E-state index contributed by atoms with van der Waals surface area (Å²) in [4.78, 5) is 26.9. The molecular formula is C26H26N2O5S. The molecule has 1 heterocycles. The van der Waals surface area contributed by atoms with Crippen LogP contribution in [0, 0.1) is 6.92 Å². The van der Waals surface area contributed by atoms with E-state index >= 15 is 0 Å². The zero-order chi connectivity index (χ0) is 24.3. The van der Waals surface area contributed by atoms with Gasteiger partial charge in [0.1, 0.15) is 11.5 Å². The fourth-order valence-electron chi connectivity index (χ4n) is 4.07. The fourth-order valence-corrected chi connectivity index (χ4v) is 5.43. The van der Waals surface area contributed by atoms with Crippen LogP contribution in [0.25, 0.3) is 0 Å². The van der Waals surface area contributed by atoms with Gasteiger partial charge in [-0.05, 0) is 56.2 Å². The molecule has 8 heteroatoms. The topological polar surface area (TPSA) is 92.8 Å². The highest BCUT2D eigenvalue weighted by Crippen LogP contribution is 2.32. The smallest absolute Gasteiger partial charge is 0.262 e. The Bertz CT molecular complexity index is 1320. The van der Waals surface area contributed by atoms with E-state index in [2.05, 4.69) is 5.32 Å². The van der Waals surface area contributed by atoms with Crippen molar-refractivity contribution in [2.45, 2.75) is 31.2 Å². The second-order valence-electron chi connectivity index (χ2n) is 8.35. The van der Waals surface area contributed by atoms with Crippen LogP contribution in [-0.2, 0) is 25.8 Å². The molecule has 7 nitrogen and oxygen atoms in total. The summed E-state index contributed by atoms with van der Waals surface area (Å²) in [7, 11) is -4.02. The molecule has 176 valence electrons. The molecule has 0 aliphatic carbocycles. The Balaban J connectivity index is 1.47. The third-order valence-electron chi connectivity index (χ3n) is 5.68. The number of nitrogens with zero attached hydrogens (tertiary/aromatic N) is 1. The van der Waals surface area contributed by atoms with Crippen LogP contribution in [0.15, 0.2) is 77.7 Å². The van der Waals surface area contributed by atoms with Gasteiger partial charge in [0.2, 0.25) is 5.91 Å². The number of hydrogen-bond donors (Lipinski definition) is 1. The Morgan fingerprint density at radius 2 is 1.68 bits per heavy atom. The van der Waals surface area contributed by atoms with Gasteiger partial charge >= 0.3 is 0 Å². The number of benzene rings is 3.